The Morgan fingerprint density at radius 2 is 1.82 bits per heavy atom. The Labute approximate surface area is 175 Å². The Bertz CT molecular complexity index is 1030. The first-order valence-electron chi connectivity index (χ1n) is 8.69. The fraction of sp³-hybridized carbons (Fsp3) is 0.333. The molecular formula is C18H17BrN2O5S2. The molecular weight excluding hydrogens is 468 g/mol. The van der Waals surface area contributed by atoms with Gasteiger partial charge in [-0.15, -0.1) is 11.3 Å². The van der Waals surface area contributed by atoms with Gasteiger partial charge in [-0.05, 0) is 39.7 Å². The van der Waals surface area contributed by atoms with E-state index < -0.39 is 22.1 Å². The average Bonchev–Trinajstić information content (AvgIpc) is 3.15. The number of esters is 1. The Balaban J connectivity index is 1.42. The molecule has 2 aromatic rings. The molecule has 28 heavy (non-hydrogen) atoms. The topological polar surface area (TPSA) is 84.0 Å². The summed E-state index contributed by atoms with van der Waals surface area (Å²) in [6, 6.07) is 10.4. The van der Waals surface area contributed by atoms with Gasteiger partial charge in [0.1, 0.15) is 4.21 Å². The molecule has 1 atom stereocenters. The van der Waals surface area contributed by atoms with E-state index in [4.69, 9.17) is 4.74 Å². The Hall–Kier alpha value is -1.75. The summed E-state index contributed by atoms with van der Waals surface area (Å²) in [4.78, 5) is 26.5. The van der Waals surface area contributed by atoms with Gasteiger partial charge in [-0.3, -0.25) is 4.79 Å². The number of piperazine rings is 1. The largest absolute Gasteiger partial charge is 0.448 e. The maximum absolute atomic E-state index is 12.8. The maximum atomic E-state index is 12.8. The van der Waals surface area contributed by atoms with Gasteiger partial charge in [-0.25, -0.2) is 13.2 Å². The van der Waals surface area contributed by atoms with Gasteiger partial charge >= 0.3 is 5.97 Å². The molecule has 0 spiro atoms. The molecule has 0 bridgehead atoms. The third-order valence-electron chi connectivity index (χ3n) is 4.86. The van der Waals surface area contributed by atoms with Crippen LogP contribution in [0.3, 0.4) is 0 Å². The normalized spacial score (nSPS) is 20.5. The number of sulfonamides is 1. The summed E-state index contributed by atoms with van der Waals surface area (Å²) in [5.74, 6) is -0.775. The molecule has 1 fully saturated rings. The second-order valence-electron chi connectivity index (χ2n) is 6.54. The first-order chi connectivity index (χ1) is 13.4. The molecule has 4 rings (SSSR count). The van der Waals surface area contributed by atoms with Crippen molar-refractivity contribution in [1.82, 2.24) is 9.21 Å². The van der Waals surface area contributed by atoms with Crippen molar-refractivity contribution in [1.29, 1.82) is 0 Å². The van der Waals surface area contributed by atoms with E-state index in [1.807, 2.05) is 12.1 Å². The number of hydrogen-bond acceptors (Lipinski definition) is 6. The third kappa shape index (κ3) is 3.61. The number of ether oxygens (including phenoxy) is 1. The number of benzene rings is 1. The maximum Gasteiger partial charge on any atom is 0.339 e. The lowest BCUT2D eigenvalue weighted by atomic mass is 9.98. The zero-order chi connectivity index (χ0) is 19.9. The second kappa shape index (κ2) is 7.58. The van der Waals surface area contributed by atoms with Crippen LogP contribution in [0.1, 0.15) is 15.9 Å². The van der Waals surface area contributed by atoms with Gasteiger partial charge in [0.25, 0.3) is 15.9 Å². The number of rotatable bonds is 3. The molecule has 3 heterocycles. The van der Waals surface area contributed by atoms with Gasteiger partial charge in [-0.1, -0.05) is 18.2 Å². The number of halogens is 1. The highest BCUT2D eigenvalue weighted by molar-refractivity contribution is 9.11. The van der Waals surface area contributed by atoms with E-state index >= 15 is 0 Å². The van der Waals surface area contributed by atoms with Gasteiger partial charge in [0.15, 0.2) is 6.10 Å². The number of amides is 1. The van der Waals surface area contributed by atoms with Gasteiger partial charge < -0.3 is 9.64 Å². The molecule has 1 aromatic heterocycles. The van der Waals surface area contributed by atoms with Crippen LogP contribution in [0, 0.1) is 0 Å². The van der Waals surface area contributed by atoms with Gasteiger partial charge in [0, 0.05) is 32.6 Å². The predicted octanol–water partition coefficient (Wildman–Crippen LogP) is 2.13. The highest BCUT2D eigenvalue weighted by atomic mass is 79.9. The van der Waals surface area contributed by atoms with Crippen molar-refractivity contribution in [2.45, 2.75) is 16.7 Å². The molecule has 2 aliphatic rings. The van der Waals surface area contributed by atoms with Crippen LogP contribution in [0.25, 0.3) is 0 Å². The minimum atomic E-state index is -3.57. The zero-order valence-electron chi connectivity index (χ0n) is 14.7. The van der Waals surface area contributed by atoms with Crippen LogP contribution in [0.5, 0.6) is 0 Å². The van der Waals surface area contributed by atoms with Crippen molar-refractivity contribution in [3.05, 3.63) is 51.3 Å². The fourth-order valence-electron chi connectivity index (χ4n) is 3.39. The molecule has 1 unspecified atom stereocenters. The smallest absolute Gasteiger partial charge is 0.339 e. The van der Waals surface area contributed by atoms with E-state index in [0.29, 0.717) is 12.0 Å². The van der Waals surface area contributed by atoms with Crippen LogP contribution in [-0.4, -0.2) is 61.8 Å². The van der Waals surface area contributed by atoms with E-state index in [2.05, 4.69) is 15.9 Å². The van der Waals surface area contributed by atoms with Crippen LogP contribution >= 0.6 is 27.3 Å². The summed E-state index contributed by atoms with van der Waals surface area (Å²) >= 11 is 4.44. The molecule has 0 radical (unpaired) electrons. The molecule has 1 aromatic carbocycles. The van der Waals surface area contributed by atoms with Crippen LogP contribution < -0.4 is 0 Å². The van der Waals surface area contributed by atoms with Crippen molar-refractivity contribution in [2.24, 2.45) is 0 Å². The van der Waals surface area contributed by atoms with Crippen LogP contribution in [-0.2, 0) is 26.0 Å². The Morgan fingerprint density at radius 1 is 1.11 bits per heavy atom. The average molecular weight is 485 g/mol. The summed E-state index contributed by atoms with van der Waals surface area (Å²) < 4.78 is 33.1. The van der Waals surface area contributed by atoms with Crippen molar-refractivity contribution in [3.63, 3.8) is 0 Å². The quantitative estimate of drug-likeness (QED) is 0.623. The summed E-state index contributed by atoms with van der Waals surface area (Å²) in [5, 5.41) is 0. The second-order valence-corrected chi connectivity index (χ2v) is 11.2. The number of cyclic esters (lactones) is 1. The summed E-state index contributed by atoms with van der Waals surface area (Å²) in [6.07, 6.45) is -0.526. The minimum absolute atomic E-state index is 0.209. The van der Waals surface area contributed by atoms with Crippen LogP contribution in [0.2, 0.25) is 0 Å². The molecule has 10 heteroatoms. The molecule has 7 nitrogen and oxygen atoms in total. The molecule has 0 N–H and O–H groups in total. The Morgan fingerprint density at radius 3 is 2.50 bits per heavy atom. The van der Waals surface area contributed by atoms with E-state index in [1.165, 1.54) is 4.31 Å². The molecule has 148 valence electrons. The SMILES string of the molecule is O=C1OC(C(=O)N2CCN(S(=O)(=O)c3ccc(Br)s3)CC2)Cc2ccccc21. The molecule has 1 saturated heterocycles. The number of thiophene rings is 1. The molecule has 0 saturated carbocycles. The lowest BCUT2D eigenvalue weighted by molar-refractivity contribution is -0.142. The Kier molecular flexibility index (Phi) is 5.30. The monoisotopic (exact) mass is 484 g/mol. The van der Waals surface area contributed by atoms with Gasteiger partial charge in [-0.2, -0.15) is 4.31 Å². The van der Waals surface area contributed by atoms with Crippen LogP contribution in [0.4, 0.5) is 0 Å². The van der Waals surface area contributed by atoms with Crippen molar-refractivity contribution in [2.75, 3.05) is 26.2 Å². The van der Waals surface area contributed by atoms with E-state index in [-0.39, 0.29) is 36.3 Å². The number of hydrogen-bond donors (Lipinski definition) is 0. The lowest BCUT2D eigenvalue weighted by Crippen LogP contribution is -2.54. The number of carbonyl (C=O) groups excluding carboxylic acids is 2. The van der Waals surface area contributed by atoms with Crippen molar-refractivity contribution >= 4 is 49.2 Å². The van der Waals surface area contributed by atoms with E-state index in [0.717, 1.165) is 20.7 Å². The zero-order valence-corrected chi connectivity index (χ0v) is 17.9. The lowest BCUT2D eigenvalue weighted by Gasteiger charge is -2.36. The third-order valence-corrected chi connectivity index (χ3v) is 8.85. The number of carbonyl (C=O) groups is 2. The first kappa shape index (κ1) is 19.6. The van der Waals surface area contributed by atoms with E-state index in [9.17, 15) is 18.0 Å². The predicted molar refractivity (Wildman–Crippen MR) is 107 cm³/mol. The molecule has 2 aliphatic heterocycles. The van der Waals surface area contributed by atoms with Gasteiger partial charge in [0.2, 0.25) is 0 Å². The summed E-state index contributed by atoms with van der Waals surface area (Å²) in [6.45, 7) is 0.947. The summed E-state index contributed by atoms with van der Waals surface area (Å²) in [5.41, 5.74) is 1.28. The number of nitrogens with zero attached hydrogens (tertiary/aromatic N) is 2. The number of fused-ring (bicyclic) bond motifs is 1. The van der Waals surface area contributed by atoms with Gasteiger partial charge in [0.05, 0.1) is 9.35 Å². The molecule has 1 amide bonds. The first-order valence-corrected chi connectivity index (χ1v) is 11.7. The summed E-state index contributed by atoms with van der Waals surface area (Å²) in [7, 11) is -3.57. The molecule has 0 aliphatic carbocycles. The van der Waals surface area contributed by atoms with Crippen molar-refractivity contribution < 1.29 is 22.7 Å². The minimum Gasteiger partial charge on any atom is -0.448 e. The highest BCUT2D eigenvalue weighted by Crippen LogP contribution is 2.29. The van der Waals surface area contributed by atoms with Crippen molar-refractivity contribution in [3.8, 4) is 0 Å². The standard InChI is InChI=1S/C18H17BrN2O5S2/c19-15-5-6-16(27-15)28(24,25)21-9-7-20(8-10-21)17(22)14-11-12-3-1-2-4-13(12)18(23)26-14/h1-6,14H,7-11H2. The van der Waals surface area contributed by atoms with E-state index in [1.54, 1.807) is 29.2 Å². The van der Waals surface area contributed by atoms with Crippen LogP contribution in [0.15, 0.2) is 44.4 Å². The fourth-order valence-corrected chi connectivity index (χ4v) is 6.97. The highest BCUT2D eigenvalue weighted by Gasteiger charge is 2.37.